The Morgan fingerprint density at radius 1 is 0.878 bits per heavy atom. The second-order valence-electron chi connectivity index (χ2n) is 10.9. The van der Waals surface area contributed by atoms with Crippen LogP contribution < -0.4 is 4.74 Å². The van der Waals surface area contributed by atoms with E-state index in [1.165, 1.54) is 5.56 Å². The number of hydrogen-bond donors (Lipinski definition) is 1. The standard InChI is InChI=1S/C34H41NO6/c36-33(41-26-28-17-19-35(20-18-28)25-27-10-3-1-4-11-27)34(37,29-12-5-2-6-13-29)30-14-9-15-31(24-30)38-21-8-7-16-32-39-22-23-40-32/h1-6,9-15,24,28,32,37H,7-8,16-23,25-26H2/t34-/m0/s1. The van der Waals surface area contributed by atoms with Gasteiger partial charge in [-0.05, 0) is 74.4 Å². The Labute approximate surface area is 243 Å². The van der Waals surface area contributed by atoms with E-state index in [9.17, 15) is 9.90 Å². The van der Waals surface area contributed by atoms with E-state index in [-0.39, 0.29) is 18.8 Å². The van der Waals surface area contributed by atoms with Crippen LogP contribution in [-0.4, -0.2) is 61.8 Å². The predicted molar refractivity (Wildman–Crippen MR) is 156 cm³/mol. The first-order valence-electron chi connectivity index (χ1n) is 14.8. The van der Waals surface area contributed by atoms with Gasteiger partial charge in [-0.25, -0.2) is 4.79 Å². The minimum absolute atomic E-state index is 0.105. The zero-order chi connectivity index (χ0) is 28.3. The van der Waals surface area contributed by atoms with Crippen molar-refractivity contribution >= 4 is 5.97 Å². The van der Waals surface area contributed by atoms with E-state index in [4.69, 9.17) is 18.9 Å². The molecule has 7 nitrogen and oxygen atoms in total. The van der Waals surface area contributed by atoms with Gasteiger partial charge in [-0.3, -0.25) is 4.90 Å². The van der Waals surface area contributed by atoms with Crippen molar-refractivity contribution in [2.75, 3.05) is 39.5 Å². The lowest BCUT2D eigenvalue weighted by atomic mass is 9.86. The Morgan fingerprint density at radius 2 is 1.56 bits per heavy atom. The molecule has 1 atom stereocenters. The molecular formula is C34H41NO6. The molecule has 7 heteroatoms. The van der Waals surface area contributed by atoms with E-state index in [1.807, 2.05) is 30.3 Å². The molecule has 0 radical (unpaired) electrons. The predicted octanol–water partition coefficient (Wildman–Crippen LogP) is 5.30. The fraction of sp³-hybridized carbons (Fsp3) is 0.441. The molecular weight excluding hydrogens is 518 g/mol. The van der Waals surface area contributed by atoms with Gasteiger partial charge < -0.3 is 24.1 Å². The Morgan fingerprint density at radius 3 is 2.29 bits per heavy atom. The smallest absolute Gasteiger partial charge is 0.347 e. The van der Waals surface area contributed by atoms with Crippen molar-refractivity contribution in [3.05, 3.63) is 102 Å². The van der Waals surface area contributed by atoms with Gasteiger partial charge in [0.2, 0.25) is 5.60 Å². The van der Waals surface area contributed by atoms with Gasteiger partial charge in [0.25, 0.3) is 0 Å². The van der Waals surface area contributed by atoms with Crippen molar-refractivity contribution in [1.82, 2.24) is 4.90 Å². The van der Waals surface area contributed by atoms with E-state index in [0.29, 0.717) is 36.7 Å². The number of hydrogen-bond acceptors (Lipinski definition) is 7. The SMILES string of the molecule is O=C(OCC1CCN(Cc2ccccc2)CC1)[C@](O)(c1ccccc1)c1cccc(OCCCCC2OCCO2)c1. The number of piperidine rings is 1. The summed E-state index contributed by atoms with van der Waals surface area (Å²) >= 11 is 0. The Kier molecular flexibility index (Phi) is 10.4. The number of nitrogens with zero attached hydrogens (tertiary/aromatic N) is 1. The molecule has 2 aliphatic rings. The number of aliphatic hydroxyl groups is 1. The monoisotopic (exact) mass is 559 g/mol. The van der Waals surface area contributed by atoms with Crippen molar-refractivity contribution in [2.45, 2.75) is 50.5 Å². The van der Waals surface area contributed by atoms with E-state index < -0.39 is 11.6 Å². The number of rotatable bonds is 13. The number of benzene rings is 3. The number of esters is 1. The maximum absolute atomic E-state index is 13.6. The Hall–Kier alpha value is -3.23. The van der Waals surface area contributed by atoms with Crippen LogP contribution in [0.5, 0.6) is 5.75 Å². The molecule has 2 aliphatic heterocycles. The minimum atomic E-state index is -1.94. The van der Waals surface area contributed by atoms with Crippen LogP contribution in [0.4, 0.5) is 0 Å². The maximum atomic E-state index is 13.6. The van der Waals surface area contributed by atoms with Gasteiger partial charge in [0, 0.05) is 12.1 Å². The highest BCUT2D eigenvalue weighted by Gasteiger charge is 2.42. The average Bonchev–Trinajstić information content (AvgIpc) is 3.55. The maximum Gasteiger partial charge on any atom is 0.347 e. The van der Waals surface area contributed by atoms with E-state index in [0.717, 1.165) is 51.7 Å². The van der Waals surface area contributed by atoms with Crippen molar-refractivity contribution < 1.29 is 28.8 Å². The zero-order valence-electron chi connectivity index (χ0n) is 23.7. The van der Waals surface area contributed by atoms with Gasteiger partial charge in [0.1, 0.15) is 5.75 Å². The molecule has 2 saturated heterocycles. The molecule has 2 heterocycles. The number of unbranched alkanes of at least 4 members (excludes halogenated alkanes) is 1. The van der Waals surface area contributed by atoms with Crippen LogP contribution in [0.3, 0.4) is 0 Å². The highest BCUT2D eigenvalue weighted by molar-refractivity contribution is 5.85. The normalized spacial score (nSPS) is 18.2. The average molecular weight is 560 g/mol. The van der Waals surface area contributed by atoms with Crippen LogP contribution >= 0.6 is 0 Å². The first-order chi connectivity index (χ1) is 20.1. The van der Waals surface area contributed by atoms with E-state index in [1.54, 1.807) is 30.3 Å². The summed E-state index contributed by atoms with van der Waals surface area (Å²) in [5, 5.41) is 11.9. The van der Waals surface area contributed by atoms with Crippen LogP contribution in [0.2, 0.25) is 0 Å². The highest BCUT2D eigenvalue weighted by Crippen LogP contribution is 2.34. The number of likely N-dealkylation sites (tertiary alicyclic amines) is 1. The molecule has 41 heavy (non-hydrogen) atoms. The molecule has 0 bridgehead atoms. The second kappa shape index (κ2) is 14.6. The summed E-state index contributed by atoms with van der Waals surface area (Å²) in [7, 11) is 0. The van der Waals surface area contributed by atoms with Crippen LogP contribution in [0.25, 0.3) is 0 Å². The summed E-state index contributed by atoms with van der Waals surface area (Å²) in [6, 6.07) is 26.6. The highest BCUT2D eigenvalue weighted by atomic mass is 16.7. The molecule has 0 saturated carbocycles. The largest absolute Gasteiger partial charge is 0.494 e. The lowest BCUT2D eigenvalue weighted by Crippen LogP contribution is -2.40. The van der Waals surface area contributed by atoms with Gasteiger partial charge in [-0.1, -0.05) is 72.8 Å². The molecule has 0 amide bonds. The number of carbonyl (C=O) groups is 1. The van der Waals surface area contributed by atoms with Crippen molar-refractivity contribution in [3.63, 3.8) is 0 Å². The van der Waals surface area contributed by atoms with Crippen LogP contribution in [0.15, 0.2) is 84.9 Å². The van der Waals surface area contributed by atoms with Crippen molar-refractivity contribution in [1.29, 1.82) is 0 Å². The zero-order valence-corrected chi connectivity index (χ0v) is 23.7. The third-order valence-corrected chi connectivity index (χ3v) is 7.94. The quantitative estimate of drug-likeness (QED) is 0.225. The molecule has 218 valence electrons. The lowest BCUT2D eigenvalue weighted by Gasteiger charge is -2.33. The summed E-state index contributed by atoms with van der Waals surface area (Å²) in [6.45, 7) is 4.98. The second-order valence-corrected chi connectivity index (χ2v) is 10.9. The Balaban J connectivity index is 1.17. The van der Waals surface area contributed by atoms with Crippen molar-refractivity contribution in [2.24, 2.45) is 5.92 Å². The third kappa shape index (κ3) is 7.95. The van der Waals surface area contributed by atoms with Crippen LogP contribution in [-0.2, 0) is 31.2 Å². The van der Waals surface area contributed by atoms with Gasteiger partial charge in [-0.15, -0.1) is 0 Å². The van der Waals surface area contributed by atoms with Gasteiger partial charge in [0.15, 0.2) is 6.29 Å². The topological polar surface area (TPSA) is 77.5 Å². The molecule has 1 N–H and O–H groups in total. The number of ether oxygens (including phenoxy) is 4. The molecule has 0 aliphatic carbocycles. The summed E-state index contributed by atoms with van der Waals surface area (Å²) < 4.78 is 22.8. The summed E-state index contributed by atoms with van der Waals surface area (Å²) in [4.78, 5) is 16.0. The number of carbonyl (C=O) groups excluding carboxylic acids is 1. The molecule has 0 spiro atoms. The molecule has 3 aromatic carbocycles. The molecule has 0 unspecified atom stereocenters. The molecule has 2 fully saturated rings. The summed E-state index contributed by atoms with van der Waals surface area (Å²) in [6.07, 6.45) is 4.42. The van der Waals surface area contributed by atoms with Crippen molar-refractivity contribution in [3.8, 4) is 5.75 Å². The first kappa shape index (κ1) is 29.3. The fourth-order valence-electron chi connectivity index (χ4n) is 5.52. The summed E-state index contributed by atoms with van der Waals surface area (Å²) in [5.41, 5.74) is 0.268. The molecule has 5 rings (SSSR count). The molecule has 3 aromatic rings. The Bertz CT molecular complexity index is 1210. The van der Waals surface area contributed by atoms with Gasteiger partial charge in [0.05, 0.1) is 26.4 Å². The first-order valence-corrected chi connectivity index (χ1v) is 14.8. The lowest BCUT2D eigenvalue weighted by molar-refractivity contribution is -0.164. The van der Waals surface area contributed by atoms with E-state index in [2.05, 4.69) is 29.2 Å². The minimum Gasteiger partial charge on any atom is -0.494 e. The third-order valence-electron chi connectivity index (χ3n) is 7.94. The van der Waals surface area contributed by atoms with Gasteiger partial charge >= 0.3 is 5.97 Å². The molecule has 0 aromatic heterocycles. The van der Waals surface area contributed by atoms with Crippen LogP contribution in [0, 0.1) is 5.92 Å². The van der Waals surface area contributed by atoms with E-state index >= 15 is 0 Å². The van der Waals surface area contributed by atoms with Crippen LogP contribution in [0.1, 0.15) is 48.8 Å². The fourth-order valence-corrected chi connectivity index (χ4v) is 5.52. The van der Waals surface area contributed by atoms with Gasteiger partial charge in [-0.2, -0.15) is 0 Å². The summed E-state index contributed by atoms with van der Waals surface area (Å²) in [5.74, 6) is 0.202.